The summed E-state index contributed by atoms with van der Waals surface area (Å²) < 4.78 is 9.22. The first-order chi connectivity index (χ1) is 16.5. The van der Waals surface area contributed by atoms with Crippen molar-refractivity contribution in [3.8, 4) is 0 Å². The van der Waals surface area contributed by atoms with Crippen LogP contribution < -0.4 is 0 Å². The summed E-state index contributed by atoms with van der Waals surface area (Å²) in [4.78, 5) is 45.7. The van der Waals surface area contributed by atoms with Crippen LogP contribution in [0.15, 0.2) is 60.7 Å². The summed E-state index contributed by atoms with van der Waals surface area (Å²) in [5, 5.41) is 2.80. The van der Waals surface area contributed by atoms with Crippen molar-refractivity contribution in [2.45, 2.75) is 27.7 Å². The number of rotatable bonds is 0. The second-order valence-electron chi connectivity index (χ2n) is 6.59. The zero-order valence-electron chi connectivity index (χ0n) is 19.8. The Morgan fingerprint density at radius 3 is 1.17 bits per heavy atom. The molecule has 175 valence electrons. The predicted molar refractivity (Wildman–Crippen MR) is 128 cm³/mol. The normalized spacial score (nSPS) is 12.5. The Bertz CT molecular complexity index is 1220. The van der Waals surface area contributed by atoms with Crippen LogP contribution in [0.2, 0.25) is 0 Å². The van der Waals surface area contributed by atoms with Crippen molar-refractivity contribution >= 4 is 45.4 Å². The van der Waals surface area contributed by atoms with Gasteiger partial charge >= 0.3 is 23.9 Å². The van der Waals surface area contributed by atoms with Crippen molar-refractivity contribution in [2.24, 2.45) is 0 Å². The molecule has 6 rings (SSSR count). The number of cyclic esters (lactones) is 4. The maximum Gasteiger partial charge on any atom is 0.337 e. The molecule has 0 atom stereocenters. The maximum absolute atomic E-state index is 11.4. The van der Waals surface area contributed by atoms with Gasteiger partial charge in [-0.15, -0.1) is 71.4 Å². The Labute approximate surface area is 228 Å². The van der Waals surface area contributed by atoms with E-state index in [0.29, 0.717) is 33.0 Å². The first kappa shape index (κ1) is 28.0. The van der Waals surface area contributed by atoms with Crippen LogP contribution in [-0.4, -0.2) is 23.9 Å². The molecule has 4 aromatic carbocycles. The van der Waals surface area contributed by atoms with Crippen molar-refractivity contribution in [1.29, 1.82) is 0 Å². The number of hydrogen-bond donors (Lipinski definition) is 0. The Balaban J connectivity index is 0.000000211. The molecule has 0 amide bonds. The smallest absolute Gasteiger partial charge is 0.337 e. The van der Waals surface area contributed by atoms with Gasteiger partial charge in [0.1, 0.15) is 0 Å². The van der Waals surface area contributed by atoms with Gasteiger partial charge < -0.3 is 9.47 Å². The van der Waals surface area contributed by atoms with E-state index in [0.717, 1.165) is 10.8 Å². The summed E-state index contributed by atoms with van der Waals surface area (Å²) in [5.41, 5.74) is 1.72. The van der Waals surface area contributed by atoms with Crippen molar-refractivity contribution in [3.05, 3.63) is 95.1 Å². The zero-order chi connectivity index (χ0) is 24.8. The molecular formula is C28H22O6Y-2. The number of benzene rings is 4. The SMILES string of the molecule is CC.CC.O=C1OC(=O)c2cccc3[c-]ccc1c23.O=C1OC(=O)c2cccc3[c-]ccc1c23.[Y]. The predicted octanol–water partition coefficient (Wildman–Crippen LogP) is 5.95. The Hall–Kier alpha value is -3.22. The topological polar surface area (TPSA) is 86.7 Å². The quantitative estimate of drug-likeness (QED) is 0.155. The van der Waals surface area contributed by atoms with Crippen LogP contribution in [0, 0.1) is 12.1 Å². The van der Waals surface area contributed by atoms with Crippen LogP contribution in [0.3, 0.4) is 0 Å². The summed E-state index contributed by atoms with van der Waals surface area (Å²) in [5.74, 6) is -2.34. The van der Waals surface area contributed by atoms with Crippen LogP contribution in [-0.2, 0) is 42.2 Å². The molecule has 0 fully saturated rings. The van der Waals surface area contributed by atoms with Gasteiger partial charge in [-0.05, 0) is 11.1 Å². The van der Waals surface area contributed by atoms with Crippen molar-refractivity contribution in [2.75, 3.05) is 0 Å². The summed E-state index contributed by atoms with van der Waals surface area (Å²) in [6.07, 6.45) is 0. The van der Waals surface area contributed by atoms with E-state index >= 15 is 0 Å². The minimum Gasteiger partial charge on any atom is -0.387 e. The minimum absolute atomic E-state index is 0. The van der Waals surface area contributed by atoms with Crippen LogP contribution in [0.1, 0.15) is 69.1 Å². The molecule has 4 aromatic rings. The standard InChI is InChI=1S/2C12H5O3.2C2H6.Y/c2*13-11-8-5-1-3-7-4-2-6-9(10(7)8)12(14)15-11;2*1-2;/h2*1-3,5-6H;2*1-2H3;/q2*-1;;;. The molecule has 2 heterocycles. The van der Waals surface area contributed by atoms with Gasteiger partial charge in [-0.25, -0.2) is 19.2 Å². The second-order valence-corrected chi connectivity index (χ2v) is 6.59. The molecule has 0 N–H and O–H groups in total. The van der Waals surface area contributed by atoms with Gasteiger partial charge in [0.25, 0.3) is 0 Å². The molecule has 0 aliphatic carbocycles. The van der Waals surface area contributed by atoms with Crippen LogP contribution in [0.4, 0.5) is 0 Å². The average Bonchev–Trinajstić information content (AvgIpc) is 2.88. The van der Waals surface area contributed by atoms with Gasteiger partial charge in [-0.3, -0.25) is 0 Å². The maximum atomic E-state index is 11.4. The van der Waals surface area contributed by atoms with Crippen LogP contribution in [0.25, 0.3) is 21.5 Å². The largest absolute Gasteiger partial charge is 0.387 e. The van der Waals surface area contributed by atoms with E-state index in [1.54, 1.807) is 48.5 Å². The average molecular weight is 543 g/mol. The molecule has 0 saturated carbocycles. The minimum atomic E-state index is -0.585. The molecule has 0 unspecified atom stereocenters. The van der Waals surface area contributed by atoms with Gasteiger partial charge in [-0.1, -0.05) is 50.6 Å². The molecule has 0 bridgehead atoms. The molecule has 6 nitrogen and oxygen atoms in total. The first-order valence-corrected chi connectivity index (χ1v) is 10.9. The molecule has 2 aliphatic rings. The molecule has 0 aromatic heterocycles. The molecule has 0 spiro atoms. The number of esters is 4. The van der Waals surface area contributed by atoms with Crippen molar-refractivity contribution < 1.29 is 61.4 Å². The van der Waals surface area contributed by atoms with Gasteiger partial charge in [0, 0.05) is 43.8 Å². The van der Waals surface area contributed by atoms with E-state index in [-0.39, 0.29) is 32.7 Å². The van der Waals surface area contributed by atoms with Gasteiger partial charge in [-0.2, -0.15) is 0 Å². The molecule has 7 heteroatoms. The van der Waals surface area contributed by atoms with E-state index < -0.39 is 23.9 Å². The van der Waals surface area contributed by atoms with E-state index in [1.807, 2.05) is 39.8 Å². The molecule has 1 radical (unpaired) electrons. The molecule has 2 aliphatic heterocycles. The van der Waals surface area contributed by atoms with Crippen LogP contribution >= 0.6 is 0 Å². The summed E-state index contributed by atoms with van der Waals surface area (Å²) in [6, 6.07) is 22.9. The fraction of sp³-hybridized carbons (Fsp3) is 0.143. The fourth-order valence-electron chi connectivity index (χ4n) is 3.59. The van der Waals surface area contributed by atoms with Gasteiger partial charge in [0.15, 0.2) is 0 Å². The summed E-state index contributed by atoms with van der Waals surface area (Å²) in [7, 11) is 0. The van der Waals surface area contributed by atoms with Crippen molar-refractivity contribution in [3.63, 3.8) is 0 Å². The third-order valence-electron chi connectivity index (χ3n) is 4.90. The van der Waals surface area contributed by atoms with Crippen molar-refractivity contribution in [1.82, 2.24) is 0 Å². The van der Waals surface area contributed by atoms with Gasteiger partial charge in [0.2, 0.25) is 0 Å². The van der Waals surface area contributed by atoms with Crippen LogP contribution in [0.5, 0.6) is 0 Å². The molecule has 0 saturated heterocycles. The third-order valence-corrected chi connectivity index (χ3v) is 4.90. The monoisotopic (exact) mass is 543 g/mol. The number of hydrogen-bond acceptors (Lipinski definition) is 6. The summed E-state index contributed by atoms with van der Waals surface area (Å²) in [6.45, 7) is 8.00. The number of carbonyl (C=O) groups excluding carboxylic acids is 4. The second kappa shape index (κ2) is 12.5. The molecule has 35 heavy (non-hydrogen) atoms. The first-order valence-electron chi connectivity index (χ1n) is 10.9. The van der Waals surface area contributed by atoms with E-state index in [4.69, 9.17) is 0 Å². The number of ether oxygens (including phenoxy) is 2. The van der Waals surface area contributed by atoms with E-state index in [2.05, 4.69) is 21.6 Å². The van der Waals surface area contributed by atoms with E-state index in [1.165, 1.54) is 0 Å². The molecular weight excluding hydrogens is 521 g/mol. The Morgan fingerprint density at radius 1 is 0.514 bits per heavy atom. The zero-order valence-corrected chi connectivity index (χ0v) is 22.6. The third kappa shape index (κ3) is 5.39. The Kier molecular flexibility index (Phi) is 9.99. The fourth-order valence-corrected chi connectivity index (χ4v) is 3.59. The van der Waals surface area contributed by atoms with Gasteiger partial charge in [0.05, 0.1) is 0 Å². The number of carbonyl (C=O) groups is 4. The summed E-state index contributed by atoms with van der Waals surface area (Å²) >= 11 is 0. The van der Waals surface area contributed by atoms with E-state index in [9.17, 15) is 19.2 Å². The Morgan fingerprint density at radius 2 is 0.829 bits per heavy atom.